The molecule has 0 fully saturated rings. The van der Waals surface area contributed by atoms with Crippen molar-refractivity contribution in [1.82, 2.24) is 4.98 Å². The molecule has 0 unspecified atom stereocenters. The van der Waals surface area contributed by atoms with Crippen molar-refractivity contribution in [2.75, 3.05) is 5.32 Å². The Morgan fingerprint density at radius 2 is 1.85 bits per heavy atom. The minimum absolute atomic E-state index is 0.254. The molecule has 1 N–H and O–H groups in total. The molecule has 0 atom stereocenters. The van der Waals surface area contributed by atoms with Crippen LogP contribution in [0.5, 0.6) is 5.75 Å². The third-order valence-corrected chi connectivity index (χ3v) is 4.27. The number of nitrogens with zero attached hydrogens (tertiary/aromatic N) is 1. The van der Waals surface area contributed by atoms with E-state index in [-0.39, 0.29) is 18.3 Å². The first kappa shape index (κ1) is 18.8. The van der Waals surface area contributed by atoms with E-state index >= 15 is 0 Å². The van der Waals surface area contributed by atoms with Crippen LogP contribution in [0.1, 0.15) is 22.3 Å². The molecule has 0 aliphatic rings. The highest BCUT2D eigenvalue weighted by Crippen LogP contribution is 2.16. The summed E-state index contributed by atoms with van der Waals surface area (Å²) in [6, 6.07) is 17.7. The van der Waals surface area contributed by atoms with Gasteiger partial charge in [-0.15, -0.1) is 0 Å². The number of aromatic nitrogens is 1. The molecule has 1 heterocycles. The van der Waals surface area contributed by atoms with Crippen molar-refractivity contribution in [3.8, 4) is 5.75 Å². The van der Waals surface area contributed by atoms with Gasteiger partial charge in [-0.25, -0.2) is 0 Å². The van der Waals surface area contributed by atoms with Gasteiger partial charge in [0.1, 0.15) is 5.75 Å². The van der Waals surface area contributed by atoms with Crippen molar-refractivity contribution in [3.05, 3.63) is 88.7 Å². The first-order valence-electron chi connectivity index (χ1n) is 8.37. The van der Waals surface area contributed by atoms with Crippen LogP contribution in [0.15, 0.2) is 77.5 Å². The molecule has 6 heteroatoms. The SMILES string of the molecule is O=C(CCc1cccc(Br)c1)Oc1ccc(C(=O)Nc2cccnc2)cc1. The van der Waals surface area contributed by atoms with Crippen LogP contribution in [-0.4, -0.2) is 16.9 Å². The monoisotopic (exact) mass is 424 g/mol. The highest BCUT2D eigenvalue weighted by molar-refractivity contribution is 9.10. The zero-order valence-electron chi connectivity index (χ0n) is 14.4. The second-order valence-corrected chi connectivity index (χ2v) is 6.74. The lowest BCUT2D eigenvalue weighted by atomic mass is 10.1. The van der Waals surface area contributed by atoms with Gasteiger partial charge < -0.3 is 10.1 Å². The van der Waals surface area contributed by atoms with Gasteiger partial charge in [0.15, 0.2) is 0 Å². The van der Waals surface area contributed by atoms with Gasteiger partial charge in [-0.1, -0.05) is 28.1 Å². The molecule has 5 nitrogen and oxygen atoms in total. The number of pyridine rings is 1. The normalized spacial score (nSPS) is 10.3. The minimum atomic E-state index is -0.317. The van der Waals surface area contributed by atoms with E-state index < -0.39 is 0 Å². The lowest BCUT2D eigenvalue weighted by molar-refractivity contribution is -0.134. The largest absolute Gasteiger partial charge is 0.427 e. The highest BCUT2D eigenvalue weighted by atomic mass is 79.9. The number of rotatable bonds is 6. The average molecular weight is 425 g/mol. The third-order valence-electron chi connectivity index (χ3n) is 3.77. The van der Waals surface area contributed by atoms with E-state index in [0.717, 1.165) is 10.0 Å². The smallest absolute Gasteiger partial charge is 0.311 e. The lowest BCUT2D eigenvalue weighted by Crippen LogP contribution is -2.12. The van der Waals surface area contributed by atoms with Crippen LogP contribution in [0.25, 0.3) is 0 Å². The number of benzene rings is 2. The molecule has 3 aromatic rings. The summed E-state index contributed by atoms with van der Waals surface area (Å²) in [5, 5.41) is 2.75. The van der Waals surface area contributed by atoms with Crippen molar-refractivity contribution in [2.24, 2.45) is 0 Å². The Bertz CT molecular complexity index is 928. The van der Waals surface area contributed by atoms with Crippen LogP contribution in [0.3, 0.4) is 0 Å². The van der Waals surface area contributed by atoms with Crippen LogP contribution in [0.2, 0.25) is 0 Å². The molecule has 1 amide bonds. The minimum Gasteiger partial charge on any atom is -0.427 e. The summed E-state index contributed by atoms with van der Waals surface area (Å²) in [6.07, 6.45) is 4.08. The Morgan fingerprint density at radius 1 is 1.04 bits per heavy atom. The number of ether oxygens (including phenoxy) is 1. The Hall–Kier alpha value is -2.99. The van der Waals surface area contributed by atoms with Crippen molar-refractivity contribution >= 4 is 33.5 Å². The lowest BCUT2D eigenvalue weighted by Gasteiger charge is -2.07. The first-order valence-corrected chi connectivity index (χ1v) is 9.16. The van der Waals surface area contributed by atoms with Gasteiger partial charge in [0, 0.05) is 22.7 Å². The van der Waals surface area contributed by atoms with Crippen molar-refractivity contribution in [3.63, 3.8) is 0 Å². The molecule has 0 radical (unpaired) electrons. The summed E-state index contributed by atoms with van der Waals surface area (Å²) in [5.41, 5.74) is 2.14. The van der Waals surface area contributed by atoms with E-state index in [2.05, 4.69) is 26.2 Å². The molecule has 3 rings (SSSR count). The standard InChI is InChI=1S/C21H17BrN2O3/c22-17-4-1-3-15(13-17)6-11-20(25)27-19-9-7-16(8-10-19)21(26)24-18-5-2-12-23-14-18/h1-5,7-10,12-14H,6,11H2,(H,24,26). The number of carbonyl (C=O) groups is 2. The van der Waals surface area contributed by atoms with E-state index in [4.69, 9.17) is 4.74 Å². The van der Waals surface area contributed by atoms with E-state index in [0.29, 0.717) is 23.4 Å². The topological polar surface area (TPSA) is 68.3 Å². The fourth-order valence-corrected chi connectivity index (χ4v) is 2.88. The van der Waals surface area contributed by atoms with E-state index in [9.17, 15) is 9.59 Å². The number of nitrogens with one attached hydrogen (secondary N) is 1. The molecular formula is C21H17BrN2O3. The van der Waals surface area contributed by atoms with Gasteiger partial charge in [-0.2, -0.15) is 0 Å². The number of aryl methyl sites for hydroxylation is 1. The summed E-state index contributed by atoms with van der Waals surface area (Å²) in [5.74, 6) is -0.162. The first-order chi connectivity index (χ1) is 13.1. The highest BCUT2D eigenvalue weighted by Gasteiger charge is 2.09. The van der Waals surface area contributed by atoms with E-state index in [1.165, 1.54) is 0 Å². The molecule has 0 saturated carbocycles. The third kappa shape index (κ3) is 5.76. The zero-order chi connectivity index (χ0) is 19.1. The Labute approximate surface area is 165 Å². The van der Waals surface area contributed by atoms with Gasteiger partial charge in [0.05, 0.1) is 11.9 Å². The molecule has 136 valence electrons. The number of amides is 1. The molecule has 1 aromatic heterocycles. The Balaban J connectivity index is 1.52. The van der Waals surface area contributed by atoms with Crippen molar-refractivity contribution in [1.29, 1.82) is 0 Å². The quantitative estimate of drug-likeness (QED) is 0.462. The fraction of sp³-hybridized carbons (Fsp3) is 0.0952. The van der Waals surface area contributed by atoms with Crippen LogP contribution in [0.4, 0.5) is 5.69 Å². The number of esters is 1. The number of carbonyl (C=O) groups excluding carboxylic acids is 2. The number of anilines is 1. The van der Waals surface area contributed by atoms with Crippen LogP contribution < -0.4 is 10.1 Å². The summed E-state index contributed by atoms with van der Waals surface area (Å²) < 4.78 is 6.31. The van der Waals surface area contributed by atoms with Gasteiger partial charge in [0.2, 0.25) is 0 Å². The predicted molar refractivity (Wildman–Crippen MR) is 107 cm³/mol. The van der Waals surface area contributed by atoms with Gasteiger partial charge in [-0.3, -0.25) is 14.6 Å². The maximum Gasteiger partial charge on any atom is 0.311 e. The molecule has 0 aliphatic heterocycles. The molecule has 0 spiro atoms. The van der Waals surface area contributed by atoms with Crippen molar-refractivity contribution < 1.29 is 14.3 Å². The molecule has 27 heavy (non-hydrogen) atoms. The summed E-state index contributed by atoms with van der Waals surface area (Å²) in [4.78, 5) is 28.1. The zero-order valence-corrected chi connectivity index (χ0v) is 16.0. The second kappa shape index (κ2) is 9.09. The summed E-state index contributed by atoms with van der Waals surface area (Å²) in [7, 11) is 0. The maximum atomic E-state index is 12.2. The van der Waals surface area contributed by atoms with Gasteiger partial charge in [0.25, 0.3) is 5.91 Å². The van der Waals surface area contributed by atoms with E-state index in [1.54, 1.807) is 48.8 Å². The van der Waals surface area contributed by atoms with Crippen LogP contribution >= 0.6 is 15.9 Å². The summed E-state index contributed by atoms with van der Waals surface area (Å²) >= 11 is 3.41. The molecule has 0 saturated heterocycles. The average Bonchev–Trinajstić information content (AvgIpc) is 2.68. The van der Waals surface area contributed by atoms with Crippen molar-refractivity contribution in [2.45, 2.75) is 12.8 Å². The number of halogens is 1. The number of hydrogen-bond acceptors (Lipinski definition) is 4. The predicted octanol–water partition coefficient (Wildman–Crippen LogP) is 4.63. The molecule has 0 aliphatic carbocycles. The van der Waals surface area contributed by atoms with Gasteiger partial charge in [-0.05, 0) is 60.5 Å². The number of hydrogen-bond donors (Lipinski definition) is 1. The van der Waals surface area contributed by atoms with Crippen LogP contribution in [-0.2, 0) is 11.2 Å². The van der Waals surface area contributed by atoms with Gasteiger partial charge >= 0.3 is 5.97 Å². The van der Waals surface area contributed by atoms with E-state index in [1.807, 2.05) is 24.3 Å². The fourth-order valence-electron chi connectivity index (χ4n) is 2.44. The second-order valence-electron chi connectivity index (χ2n) is 5.82. The molecule has 0 bridgehead atoms. The summed E-state index contributed by atoms with van der Waals surface area (Å²) in [6.45, 7) is 0. The van der Waals surface area contributed by atoms with Crippen LogP contribution in [0, 0.1) is 0 Å². The molecule has 2 aromatic carbocycles. The molecular weight excluding hydrogens is 408 g/mol. The maximum absolute atomic E-state index is 12.2. The Kier molecular flexibility index (Phi) is 6.33. The Morgan fingerprint density at radius 3 is 2.56 bits per heavy atom.